The molecule has 0 saturated heterocycles. The van der Waals surface area contributed by atoms with Gasteiger partial charge >= 0.3 is 0 Å². The van der Waals surface area contributed by atoms with Gasteiger partial charge in [0, 0.05) is 50.5 Å². The molecule has 2 aromatic carbocycles. The predicted molar refractivity (Wildman–Crippen MR) is 124 cm³/mol. The number of hydrogen-bond donors (Lipinski definition) is 3. The number of nitrogens with one attached hydrogen (secondary N) is 3. The summed E-state index contributed by atoms with van der Waals surface area (Å²) in [6.07, 6.45) is 0.766. The van der Waals surface area contributed by atoms with Gasteiger partial charge in [0.25, 0.3) is 5.91 Å². The Bertz CT molecular complexity index is 1100. The van der Waals surface area contributed by atoms with Crippen molar-refractivity contribution in [2.24, 2.45) is 0 Å². The number of anilines is 3. The van der Waals surface area contributed by atoms with Crippen LogP contribution in [0.5, 0.6) is 0 Å². The van der Waals surface area contributed by atoms with Crippen LogP contribution in [0.4, 0.5) is 17.3 Å². The van der Waals surface area contributed by atoms with Crippen LogP contribution >= 0.6 is 0 Å². The van der Waals surface area contributed by atoms with Gasteiger partial charge in [-0.1, -0.05) is 12.1 Å². The first-order valence-electron chi connectivity index (χ1n) is 10.4. The minimum atomic E-state index is -0.412. The Morgan fingerprint density at radius 3 is 2.25 bits per heavy atom. The number of aryl methyl sites for hydroxylation is 1. The maximum atomic E-state index is 13.1. The van der Waals surface area contributed by atoms with Crippen molar-refractivity contribution in [2.45, 2.75) is 33.7 Å². The van der Waals surface area contributed by atoms with Gasteiger partial charge in [-0.3, -0.25) is 19.7 Å². The molecule has 9 nitrogen and oxygen atoms in total. The number of ether oxygens (including phenoxy) is 1. The van der Waals surface area contributed by atoms with Crippen LogP contribution in [0, 0.1) is 0 Å². The van der Waals surface area contributed by atoms with Gasteiger partial charge in [-0.2, -0.15) is 0 Å². The summed E-state index contributed by atoms with van der Waals surface area (Å²) in [6.45, 7) is 6.57. The van der Waals surface area contributed by atoms with Crippen LogP contribution in [-0.2, 0) is 20.9 Å². The van der Waals surface area contributed by atoms with E-state index in [1.165, 1.54) is 13.8 Å². The van der Waals surface area contributed by atoms with Crippen LogP contribution in [0.2, 0.25) is 0 Å². The number of aromatic nitrogens is 2. The van der Waals surface area contributed by atoms with E-state index >= 15 is 0 Å². The third-order valence-electron chi connectivity index (χ3n) is 4.59. The maximum absolute atomic E-state index is 13.1. The molecule has 3 N–H and O–H groups in total. The Hall–Kier alpha value is -3.72. The third-order valence-corrected chi connectivity index (χ3v) is 4.59. The maximum Gasteiger partial charge on any atom is 0.258 e. The van der Waals surface area contributed by atoms with Crippen molar-refractivity contribution in [3.05, 3.63) is 48.0 Å². The van der Waals surface area contributed by atoms with Crippen molar-refractivity contribution >= 4 is 46.1 Å². The number of fused-ring (bicyclic) bond motifs is 1. The Kier molecular flexibility index (Phi) is 7.56. The van der Waals surface area contributed by atoms with E-state index in [4.69, 9.17) is 4.74 Å². The van der Waals surface area contributed by atoms with Gasteiger partial charge in [0.2, 0.25) is 17.8 Å². The lowest BCUT2D eigenvalue weighted by molar-refractivity contribution is -0.115. The lowest BCUT2D eigenvalue weighted by Crippen LogP contribution is -2.18. The second-order valence-electron chi connectivity index (χ2n) is 7.24. The van der Waals surface area contributed by atoms with E-state index in [1.807, 2.05) is 35.8 Å². The van der Waals surface area contributed by atoms with Gasteiger partial charge in [-0.05, 0) is 43.7 Å². The molecule has 0 unspecified atom stereocenters. The highest BCUT2D eigenvalue weighted by molar-refractivity contribution is 6.06. The van der Waals surface area contributed by atoms with Crippen molar-refractivity contribution in [3.8, 4) is 0 Å². The number of nitrogens with zero attached hydrogens (tertiary/aromatic N) is 2. The van der Waals surface area contributed by atoms with Crippen LogP contribution in [-0.4, -0.2) is 40.5 Å². The van der Waals surface area contributed by atoms with Crippen molar-refractivity contribution in [1.82, 2.24) is 9.55 Å². The summed E-state index contributed by atoms with van der Waals surface area (Å²) in [6, 6.07) is 12.3. The van der Waals surface area contributed by atoms with E-state index in [0.717, 1.165) is 17.5 Å². The number of carbonyl (C=O) groups is 3. The highest BCUT2D eigenvalue weighted by Gasteiger charge is 2.16. The van der Waals surface area contributed by atoms with E-state index in [-0.39, 0.29) is 17.4 Å². The summed E-state index contributed by atoms with van der Waals surface area (Å²) in [5.41, 5.74) is 2.75. The first-order chi connectivity index (χ1) is 15.4. The summed E-state index contributed by atoms with van der Waals surface area (Å²) in [7, 11) is 0. The highest BCUT2D eigenvalue weighted by atomic mass is 16.5. The van der Waals surface area contributed by atoms with Crippen molar-refractivity contribution in [2.75, 3.05) is 29.2 Å². The molecule has 1 aromatic heterocycles. The van der Waals surface area contributed by atoms with Crippen molar-refractivity contribution in [1.29, 1.82) is 0 Å². The summed E-state index contributed by atoms with van der Waals surface area (Å²) in [5.74, 6) is -0.566. The predicted octanol–water partition coefficient (Wildman–Crippen LogP) is 3.63. The van der Waals surface area contributed by atoms with E-state index in [2.05, 4.69) is 20.9 Å². The quantitative estimate of drug-likeness (QED) is 0.442. The molecule has 0 aliphatic rings. The Morgan fingerprint density at radius 2 is 1.62 bits per heavy atom. The summed E-state index contributed by atoms with van der Waals surface area (Å²) in [5, 5.41) is 8.16. The third kappa shape index (κ3) is 5.92. The van der Waals surface area contributed by atoms with Gasteiger partial charge < -0.3 is 19.9 Å². The molecule has 9 heteroatoms. The van der Waals surface area contributed by atoms with Crippen LogP contribution in [0.25, 0.3) is 11.0 Å². The standard InChI is InChI=1S/C23H27N5O4/c1-4-32-11-7-10-28-21-9-6-5-8-20(21)26-23(28)27-22(31)17-12-18(24-15(2)29)14-19(13-17)25-16(3)30/h5-6,8-9,12-14H,4,7,10-11H2,1-3H3,(H,24,29)(H,25,30)(H,26,27,31). The second kappa shape index (κ2) is 10.5. The Labute approximate surface area is 186 Å². The average molecular weight is 438 g/mol. The lowest BCUT2D eigenvalue weighted by atomic mass is 10.1. The zero-order valence-electron chi connectivity index (χ0n) is 18.4. The van der Waals surface area contributed by atoms with Crippen molar-refractivity contribution < 1.29 is 19.1 Å². The van der Waals surface area contributed by atoms with Crippen LogP contribution in [0.1, 0.15) is 37.6 Å². The van der Waals surface area contributed by atoms with E-state index < -0.39 is 5.91 Å². The fraction of sp³-hybridized carbons (Fsp3) is 0.304. The first kappa shape index (κ1) is 23.0. The number of amides is 3. The van der Waals surface area contributed by atoms with E-state index in [1.54, 1.807) is 18.2 Å². The molecule has 0 bridgehead atoms. The van der Waals surface area contributed by atoms with Gasteiger partial charge in [-0.25, -0.2) is 4.98 Å². The molecular formula is C23H27N5O4. The molecule has 3 aromatic rings. The van der Waals surface area contributed by atoms with Crippen LogP contribution in [0.3, 0.4) is 0 Å². The largest absolute Gasteiger partial charge is 0.382 e. The minimum absolute atomic E-state index is 0.271. The zero-order valence-corrected chi connectivity index (χ0v) is 18.4. The molecule has 0 spiro atoms. The first-order valence-corrected chi connectivity index (χ1v) is 10.4. The average Bonchev–Trinajstić information content (AvgIpc) is 3.07. The molecule has 0 aliphatic heterocycles. The van der Waals surface area contributed by atoms with Crippen LogP contribution in [0.15, 0.2) is 42.5 Å². The summed E-state index contributed by atoms with van der Waals surface area (Å²) in [4.78, 5) is 40.6. The topological polar surface area (TPSA) is 114 Å². The zero-order chi connectivity index (χ0) is 23.1. The molecule has 0 atom stereocenters. The van der Waals surface area contributed by atoms with Gasteiger partial charge in [0.15, 0.2) is 0 Å². The molecule has 32 heavy (non-hydrogen) atoms. The molecule has 0 aliphatic carbocycles. The molecule has 3 amide bonds. The summed E-state index contributed by atoms with van der Waals surface area (Å²) >= 11 is 0. The number of para-hydroxylation sites is 2. The molecule has 168 valence electrons. The SMILES string of the molecule is CCOCCCn1c(NC(=O)c2cc(NC(C)=O)cc(NC(C)=O)c2)nc2ccccc21. The second-order valence-corrected chi connectivity index (χ2v) is 7.24. The molecule has 0 radical (unpaired) electrons. The lowest BCUT2D eigenvalue weighted by Gasteiger charge is -2.12. The fourth-order valence-electron chi connectivity index (χ4n) is 3.35. The smallest absolute Gasteiger partial charge is 0.258 e. The normalized spacial score (nSPS) is 10.7. The number of imidazole rings is 1. The molecule has 1 heterocycles. The Morgan fingerprint density at radius 1 is 0.969 bits per heavy atom. The Balaban J connectivity index is 1.90. The molecule has 0 fully saturated rings. The number of carbonyl (C=O) groups excluding carboxylic acids is 3. The minimum Gasteiger partial charge on any atom is -0.382 e. The number of benzene rings is 2. The molecule has 3 rings (SSSR count). The van der Waals surface area contributed by atoms with E-state index in [9.17, 15) is 14.4 Å². The van der Waals surface area contributed by atoms with Crippen LogP contribution < -0.4 is 16.0 Å². The number of rotatable bonds is 9. The molecule has 0 saturated carbocycles. The summed E-state index contributed by atoms with van der Waals surface area (Å²) < 4.78 is 7.38. The number of hydrogen-bond acceptors (Lipinski definition) is 5. The monoisotopic (exact) mass is 437 g/mol. The van der Waals surface area contributed by atoms with Crippen molar-refractivity contribution in [3.63, 3.8) is 0 Å². The van der Waals surface area contributed by atoms with Gasteiger partial charge in [-0.15, -0.1) is 0 Å². The fourth-order valence-corrected chi connectivity index (χ4v) is 3.35. The van der Waals surface area contributed by atoms with Gasteiger partial charge in [0.05, 0.1) is 11.0 Å². The highest BCUT2D eigenvalue weighted by Crippen LogP contribution is 2.23. The van der Waals surface area contributed by atoms with E-state index in [0.29, 0.717) is 37.1 Å². The van der Waals surface area contributed by atoms with Gasteiger partial charge in [0.1, 0.15) is 0 Å². The molecular weight excluding hydrogens is 410 g/mol.